The Labute approximate surface area is 108 Å². The van der Waals surface area contributed by atoms with Crippen molar-refractivity contribution in [2.75, 3.05) is 5.32 Å². The van der Waals surface area contributed by atoms with E-state index in [0.717, 1.165) is 0 Å². The molecule has 0 saturated carbocycles. The second kappa shape index (κ2) is 5.73. The van der Waals surface area contributed by atoms with Gasteiger partial charge in [-0.3, -0.25) is 9.59 Å². The Bertz CT molecular complexity index is 486. The van der Waals surface area contributed by atoms with E-state index in [1.807, 2.05) is 5.32 Å². The molecule has 1 aromatic carbocycles. The zero-order chi connectivity index (χ0) is 14.6. The van der Waals surface area contributed by atoms with E-state index in [-0.39, 0.29) is 5.91 Å². The fourth-order valence-electron chi connectivity index (χ4n) is 1.45. The Hall–Kier alpha value is -2.05. The third kappa shape index (κ3) is 4.61. The lowest BCUT2D eigenvalue weighted by molar-refractivity contribution is -0.174. The summed E-state index contributed by atoms with van der Waals surface area (Å²) in [6.07, 6.45) is -4.91. The molecule has 0 fully saturated rings. The molecule has 7 heteroatoms. The lowest BCUT2D eigenvalue weighted by atomic mass is 10.1. The number of nitrogens with one attached hydrogen (secondary N) is 2. The standard InChI is InChI=1S/C12H13F3N2O2/c1-7(16-11(19)12(13,14)15)9-4-3-5-10(6-9)17-8(2)18/h3-7H,1-2H3,(H,16,19)(H,17,18). The Morgan fingerprint density at radius 3 is 2.42 bits per heavy atom. The van der Waals surface area contributed by atoms with Crippen LogP contribution in [0.2, 0.25) is 0 Å². The number of rotatable bonds is 3. The number of halogens is 3. The molecule has 19 heavy (non-hydrogen) atoms. The normalized spacial score (nSPS) is 12.7. The highest BCUT2D eigenvalue weighted by molar-refractivity contribution is 5.88. The van der Waals surface area contributed by atoms with Crippen molar-refractivity contribution < 1.29 is 22.8 Å². The lowest BCUT2D eigenvalue weighted by Gasteiger charge is -2.16. The first-order valence-electron chi connectivity index (χ1n) is 5.45. The summed E-state index contributed by atoms with van der Waals surface area (Å²) < 4.78 is 36.3. The first-order valence-corrected chi connectivity index (χ1v) is 5.45. The van der Waals surface area contributed by atoms with Crippen LogP contribution in [0.25, 0.3) is 0 Å². The predicted molar refractivity (Wildman–Crippen MR) is 63.4 cm³/mol. The molecule has 1 unspecified atom stereocenters. The van der Waals surface area contributed by atoms with Gasteiger partial charge in [-0.15, -0.1) is 0 Å². The number of benzene rings is 1. The van der Waals surface area contributed by atoms with E-state index >= 15 is 0 Å². The highest BCUT2D eigenvalue weighted by atomic mass is 19.4. The second-order valence-electron chi connectivity index (χ2n) is 4.00. The van der Waals surface area contributed by atoms with E-state index in [1.54, 1.807) is 18.2 Å². The summed E-state index contributed by atoms with van der Waals surface area (Å²) >= 11 is 0. The minimum absolute atomic E-state index is 0.288. The Morgan fingerprint density at radius 1 is 1.26 bits per heavy atom. The highest BCUT2D eigenvalue weighted by Crippen LogP contribution is 2.20. The van der Waals surface area contributed by atoms with Gasteiger partial charge in [0.15, 0.2) is 0 Å². The van der Waals surface area contributed by atoms with Gasteiger partial charge in [-0.1, -0.05) is 12.1 Å². The van der Waals surface area contributed by atoms with Crippen molar-refractivity contribution in [1.82, 2.24) is 5.32 Å². The van der Waals surface area contributed by atoms with Crippen LogP contribution in [-0.2, 0) is 9.59 Å². The number of anilines is 1. The minimum atomic E-state index is -4.91. The van der Waals surface area contributed by atoms with Gasteiger partial charge < -0.3 is 10.6 Å². The van der Waals surface area contributed by atoms with Gasteiger partial charge in [0.1, 0.15) is 0 Å². The molecule has 0 aliphatic carbocycles. The average molecular weight is 274 g/mol. The molecule has 0 heterocycles. The van der Waals surface area contributed by atoms with Gasteiger partial charge in [0.25, 0.3) is 0 Å². The topological polar surface area (TPSA) is 58.2 Å². The van der Waals surface area contributed by atoms with Crippen molar-refractivity contribution in [2.24, 2.45) is 0 Å². The van der Waals surface area contributed by atoms with Crippen molar-refractivity contribution >= 4 is 17.5 Å². The summed E-state index contributed by atoms with van der Waals surface area (Å²) in [5, 5.41) is 4.35. The van der Waals surface area contributed by atoms with Crippen LogP contribution >= 0.6 is 0 Å². The number of alkyl halides is 3. The molecular formula is C12H13F3N2O2. The van der Waals surface area contributed by atoms with E-state index in [9.17, 15) is 22.8 Å². The van der Waals surface area contributed by atoms with Crippen LogP contribution in [0.3, 0.4) is 0 Å². The molecule has 104 valence electrons. The number of carbonyl (C=O) groups excluding carboxylic acids is 2. The van der Waals surface area contributed by atoms with E-state index < -0.39 is 18.1 Å². The first-order chi connectivity index (χ1) is 8.70. The molecule has 0 aliphatic heterocycles. The Morgan fingerprint density at radius 2 is 1.89 bits per heavy atom. The summed E-state index contributed by atoms with van der Waals surface area (Å²) in [6, 6.07) is 5.43. The van der Waals surface area contributed by atoms with Crippen LogP contribution in [0.15, 0.2) is 24.3 Å². The van der Waals surface area contributed by atoms with Crippen molar-refractivity contribution in [2.45, 2.75) is 26.1 Å². The van der Waals surface area contributed by atoms with Crippen LogP contribution in [-0.4, -0.2) is 18.0 Å². The number of carbonyl (C=O) groups is 2. The van der Waals surface area contributed by atoms with E-state index in [2.05, 4.69) is 5.32 Å². The fraction of sp³-hybridized carbons (Fsp3) is 0.333. The van der Waals surface area contributed by atoms with Gasteiger partial charge in [-0.25, -0.2) is 0 Å². The van der Waals surface area contributed by atoms with E-state index in [4.69, 9.17) is 0 Å². The molecular weight excluding hydrogens is 261 g/mol. The molecule has 0 aromatic heterocycles. The molecule has 2 N–H and O–H groups in total. The maximum Gasteiger partial charge on any atom is 0.471 e. The monoisotopic (exact) mass is 274 g/mol. The summed E-state index contributed by atoms with van der Waals surface area (Å²) in [5.74, 6) is -2.28. The van der Waals surface area contributed by atoms with E-state index in [0.29, 0.717) is 11.3 Å². The number of amides is 2. The molecule has 1 aromatic rings. The van der Waals surface area contributed by atoms with Crippen molar-refractivity contribution in [3.63, 3.8) is 0 Å². The summed E-state index contributed by atoms with van der Waals surface area (Å²) in [7, 11) is 0. The van der Waals surface area contributed by atoms with Gasteiger partial charge in [-0.2, -0.15) is 13.2 Å². The van der Waals surface area contributed by atoms with Gasteiger partial charge in [0, 0.05) is 12.6 Å². The Kier molecular flexibility index (Phi) is 4.52. The van der Waals surface area contributed by atoms with Crippen molar-refractivity contribution in [1.29, 1.82) is 0 Å². The molecule has 2 amide bonds. The molecule has 0 aliphatic rings. The first kappa shape index (κ1) is 15.0. The second-order valence-corrected chi connectivity index (χ2v) is 4.00. The third-order valence-electron chi connectivity index (χ3n) is 2.31. The molecule has 0 radical (unpaired) electrons. The highest BCUT2D eigenvalue weighted by Gasteiger charge is 2.39. The van der Waals surface area contributed by atoms with Gasteiger partial charge in [0.05, 0.1) is 6.04 Å². The minimum Gasteiger partial charge on any atom is -0.342 e. The maximum atomic E-state index is 12.1. The van der Waals surface area contributed by atoms with Crippen LogP contribution < -0.4 is 10.6 Å². The third-order valence-corrected chi connectivity index (χ3v) is 2.31. The van der Waals surface area contributed by atoms with Gasteiger partial charge in [0.2, 0.25) is 5.91 Å². The predicted octanol–water partition coefficient (Wildman–Crippen LogP) is 2.38. The summed E-state index contributed by atoms with van der Waals surface area (Å²) in [6.45, 7) is 2.75. The van der Waals surface area contributed by atoms with Crippen LogP contribution in [0.4, 0.5) is 18.9 Å². The van der Waals surface area contributed by atoms with Crippen LogP contribution in [0.5, 0.6) is 0 Å². The molecule has 1 atom stereocenters. The van der Waals surface area contributed by atoms with Crippen LogP contribution in [0.1, 0.15) is 25.5 Å². The summed E-state index contributed by atoms with van der Waals surface area (Å²) in [5.41, 5.74) is 0.918. The SMILES string of the molecule is CC(=O)Nc1cccc(C(C)NC(=O)C(F)(F)F)c1. The summed E-state index contributed by atoms with van der Waals surface area (Å²) in [4.78, 5) is 21.7. The quantitative estimate of drug-likeness (QED) is 0.889. The maximum absolute atomic E-state index is 12.1. The number of hydrogen-bond donors (Lipinski definition) is 2. The van der Waals surface area contributed by atoms with Gasteiger partial charge in [-0.05, 0) is 24.6 Å². The van der Waals surface area contributed by atoms with Gasteiger partial charge >= 0.3 is 12.1 Å². The van der Waals surface area contributed by atoms with Crippen molar-refractivity contribution in [3.05, 3.63) is 29.8 Å². The number of hydrogen-bond acceptors (Lipinski definition) is 2. The average Bonchev–Trinajstić information content (AvgIpc) is 2.27. The molecule has 0 saturated heterocycles. The zero-order valence-electron chi connectivity index (χ0n) is 10.3. The zero-order valence-corrected chi connectivity index (χ0v) is 10.3. The molecule has 0 spiro atoms. The fourth-order valence-corrected chi connectivity index (χ4v) is 1.45. The Balaban J connectivity index is 2.80. The van der Waals surface area contributed by atoms with Crippen molar-refractivity contribution in [3.8, 4) is 0 Å². The molecule has 0 bridgehead atoms. The smallest absolute Gasteiger partial charge is 0.342 e. The lowest BCUT2D eigenvalue weighted by Crippen LogP contribution is -2.38. The molecule has 4 nitrogen and oxygen atoms in total. The molecule has 1 rings (SSSR count). The van der Waals surface area contributed by atoms with E-state index in [1.165, 1.54) is 19.9 Å². The largest absolute Gasteiger partial charge is 0.471 e. The van der Waals surface area contributed by atoms with Crippen LogP contribution in [0, 0.1) is 0 Å².